The number of anilines is 1. The highest BCUT2D eigenvalue weighted by atomic mass is 127. The third-order valence-electron chi connectivity index (χ3n) is 3.16. The SMILES string of the molecule is CNC(=O)[C@@H](C)Oc1ccc(S(=O)(=O)Nc2ccc(I)cc2)cc1. The highest BCUT2D eigenvalue weighted by molar-refractivity contribution is 14.1. The predicted octanol–water partition coefficient (Wildman–Crippen LogP) is 2.61. The van der Waals surface area contributed by atoms with Crippen molar-refractivity contribution < 1.29 is 17.9 Å². The minimum absolute atomic E-state index is 0.112. The predicted molar refractivity (Wildman–Crippen MR) is 101 cm³/mol. The molecule has 0 unspecified atom stereocenters. The first-order valence-electron chi connectivity index (χ1n) is 7.08. The first-order valence-corrected chi connectivity index (χ1v) is 9.65. The number of benzene rings is 2. The summed E-state index contributed by atoms with van der Waals surface area (Å²) in [5.41, 5.74) is 0.490. The second kappa shape index (κ2) is 7.84. The van der Waals surface area contributed by atoms with Crippen LogP contribution in [0.25, 0.3) is 0 Å². The van der Waals surface area contributed by atoms with Crippen LogP contribution < -0.4 is 14.8 Å². The lowest BCUT2D eigenvalue weighted by Crippen LogP contribution is -2.33. The molecule has 0 heterocycles. The Balaban J connectivity index is 2.11. The molecule has 0 saturated carbocycles. The summed E-state index contributed by atoms with van der Waals surface area (Å²) in [5.74, 6) is 0.159. The van der Waals surface area contributed by atoms with E-state index >= 15 is 0 Å². The van der Waals surface area contributed by atoms with E-state index in [2.05, 4.69) is 32.6 Å². The van der Waals surface area contributed by atoms with Crippen LogP contribution in [0, 0.1) is 3.57 Å². The Kier molecular flexibility index (Phi) is 6.05. The van der Waals surface area contributed by atoms with Crippen LogP contribution in [0.4, 0.5) is 5.69 Å². The molecule has 6 nitrogen and oxygen atoms in total. The summed E-state index contributed by atoms with van der Waals surface area (Å²) >= 11 is 2.15. The number of ether oxygens (including phenoxy) is 1. The highest BCUT2D eigenvalue weighted by Gasteiger charge is 2.16. The average molecular weight is 460 g/mol. The normalized spacial score (nSPS) is 12.3. The molecule has 0 fully saturated rings. The molecular formula is C16H17IN2O4S. The second-order valence-electron chi connectivity index (χ2n) is 4.96. The van der Waals surface area contributed by atoms with Gasteiger partial charge in [-0.25, -0.2) is 8.42 Å². The van der Waals surface area contributed by atoms with Gasteiger partial charge in [0.25, 0.3) is 15.9 Å². The zero-order valence-corrected chi connectivity index (χ0v) is 16.1. The van der Waals surface area contributed by atoms with Crippen LogP contribution >= 0.6 is 22.6 Å². The molecule has 1 atom stereocenters. The van der Waals surface area contributed by atoms with E-state index < -0.39 is 16.1 Å². The number of rotatable bonds is 6. The van der Waals surface area contributed by atoms with Gasteiger partial charge >= 0.3 is 0 Å². The van der Waals surface area contributed by atoms with Crippen LogP contribution in [0.15, 0.2) is 53.4 Å². The summed E-state index contributed by atoms with van der Waals surface area (Å²) in [6, 6.07) is 12.9. The van der Waals surface area contributed by atoms with Crippen molar-refractivity contribution in [3.05, 3.63) is 52.1 Å². The number of hydrogen-bond donors (Lipinski definition) is 2. The van der Waals surface area contributed by atoms with Gasteiger partial charge in [-0.2, -0.15) is 0 Å². The van der Waals surface area contributed by atoms with Gasteiger partial charge in [-0.05, 0) is 78.0 Å². The van der Waals surface area contributed by atoms with E-state index in [0.29, 0.717) is 11.4 Å². The molecule has 0 aliphatic heterocycles. The monoisotopic (exact) mass is 460 g/mol. The lowest BCUT2D eigenvalue weighted by molar-refractivity contribution is -0.126. The van der Waals surface area contributed by atoms with Crippen molar-refractivity contribution in [2.24, 2.45) is 0 Å². The van der Waals surface area contributed by atoms with Crippen LogP contribution in [0.3, 0.4) is 0 Å². The fourth-order valence-electron chi connectivity index (χ4n) is 1.89. The minimum Gasteiger partial charge on any atom is -0.481 e. The number of carbonyl (C=O) groups excluding carboxylic acids is 1. The molecule has 0 spiro atoms. The molecule has 0 saturated heterocycles. The Hall–Kier alpha value is -1.81. The van der Waals surface area contributed by atoms with Crippen molar-refractivity contribution in [2.75, 3.05) is 11.8 Å². The summed E-state index contributed by atoms with van der Waals surface area (Å²) in [6.45, 7) is 1.61. The molecule has 2 aromatic carbocycles. The third-order valence-corrected chi connectivity index (χ3v) is 5.28. The molecule has 24 heavy (non-hydrogen) atoms. The molecule has 8 heteroatoms. The maximum atomic E-state index is 12.4. The van der Waals surface area contributed by atoms with Crippen LogP contribution in [0.2, 0.25) is 0 Å². The van der Waals surface area contributed by atoms with E-state index in [1.807, 2.05) is 12.1 Å². The van der Waals surface area contributed by atoms with E-state index in [-0.39, 0.29) is 10.8 Å². The summed E-state index contributed by atoms with van der Waals surface area (Å²) in [5, 5.41) is 2.48. The number of nitrogens with one attached hydrogen (secondary N) is 2. The van der Waals surface area contributed by atoms with Gasteiger partial charge in [0.1, 0.15) is 5.75 Å². The number of carbonyl (C=O) groups is 1. The maximum Gasteiger partial charge on any atom is 0.261 e. The smallest absolute Gasteiger partial charge is 0.261 e. The van der Waals surface area contributed by atoms with Crippen molar-refractivity contribution in [3.8, 4) is 5.75 Å². The largest absolute Gasteiger partial charge is 0.481 e. The first-order chi connectivity index (χ1) is 11.3. The van der Waals surface area contributed by atoms with Gasteiger partial charge in [-0.3, -0.25) is 9.52 Å². The summed E-state index contributed by atoms with van der Waals surface area (Å²) < 4.78 is 33.7. The maximum absolute atomic E-state index is 12.4. The zero-order chi connectivity index (χ0) is 17.7. The summed E-state index contributed by atoms with van der Waals surface area (Å²) in [6.07, 6.45) is -0.664. The zero-order valence-electron chi connectivity index (χ0n) is 13.1. The topological polar surface area (TPSA) is 84.5 Å². The second-order valence-corrected chi connectivity index (χ2v) is 7.89. The molecule has 2 rings (SSSR count). The number of likely N-dealkylation sites (N-methyl/N-ethyl adjacent to an activating group) is 1. The molecule has 0 aliphatic carbocycles. The van der Waals surface area contributed by atoms with E-state index in [4.69, 9.17) is 4.74 Å². The Morgan fingerprint density at radius 2 is 1.67 bits per heavy atom. The molecular weight excluding hydrogens is 443 g/mol. The number of sulfonamides is 1. The molecule has 0 radical (unpaired) electrons. The molecule has 2 aromatic rings. The van der Waals surface area contributed by atoms with Crippen LogP contribution in [-0.4, -0.2) is 27.5 Å². The minimum atomic E-state index is -3.68. The first kappa shape index (κ1) is 18.5. The van der Waals surface area contributed by atoms with Gasteiger partial charge < -0.3 is 10.1 Å². The van der Waals surface area contributed by atoms with Crippen molar-refractivity contribution in [3.63, 3.8) is 0 Å². The van der Waals surface area contributed by atoms with Crippen molar-refractivity contribution in [1.82, 2.24) is 5.32 Å². The van der Waals surface area contributed by atoms with E-state index in [0.717, 1.165) is 3.57 Å². The van der Waals surface area contributed by atoms with Crippen LogP contribution in [-0.2, 0) is 14.8 Å². The Labute approximate surface area is 154 Å². The van der Waals surface area contributed by atoms with E-state index in [1.165, 1.54) is 31.3 Å². The van der Waals surface area contributed by atoms with Gasteiger partial charge in [0.15, 0.2) is 6.10 Å². The third kappa shape index (κ3) is 4.84. The van der Waals surface area contributed by atoms with Gasteiger partial charge in [-0.15, -0.1) is 0 Å². The Morgan fingerprint density at radius 3 is 2.21 bits per heavy atom. The number of halogens is 1. The van der Waals surface area contributed by atoms with Gasteiger partial charge in [0, 0.05) is 16.3 Å². The lowest BCUT2D eigenvalue weighted by atomic mass is 10.3. The highest BCUT2D eigenvalue weighted by Crippen LogP contribution is 2.20. The summed E-state index contributed by atoms with van der Waals surface area (Å²) in [7, 11) is -2.16. The van der Waals surface area contributed by atoms with E-state index in [9.17, 15) is 13.2 Å². The van der Waals surface area contributed by atoms with Crippen LogP contribution in [0.1, 0.15) is 6.92 Å². The molecule has 1 amide bonds. The van der Waals surface area contributed by atoms with Crippen molar-refractivity contribution in [2.45, 2.75) is 17.9 Å². The van der Waals surface area contributed by atoms with Gasteiger partial charge in [0.2, 0.25) is 0 Å². The quantitative estimate of drug-likeness (QED) is 0.650. The molecule has 2 N–H and O–H groups in total. The van der Waals surface area contributed by atoms with Gasteiger partial charge in [-0.1, -0.05) is 0 Å². The van der Waals surface area contributed by atoms with Crippen LogP contribution in [0.5, 0.6) is 5.75 Å². The van der Waals surface area contributed by atoms with Crippen molar-refractivity contribution in [1.29, 1.82) is 0 Å². The molecule has 0 aromatic heterocycles. The lowest BCUT2D eigenvalue weighted by Gasteiger charge is -2.13. The van der Waals surface area contributed by atoms with E-state index in [1.54, 1.807) is 19.1 Å². The molecule has 128 valence electrons. The Bertz CT molecular complexity index is 805. The summed E-state index contributed by atoms with van der Waals surface area (Å²) in [4.78, 5) is 11.5. The fourth-order valence-corrected chi connectivity index (χ4v) is 3.31. The average Bonchev–Trinajstić information content (AvgIpc) is 2.56. The number of amides is 1. The van der Waals surface area contributed by atoms with Gasteiger partial charge in [0.05, 0.1) is 4.90 Å². The molecule has 0 bridgehead atoms. The molecule has 0 aliphatic rings. The number of hydrogen-bond acceptors (Lipinski definition) is 4. The fraction of sp³-hybridized carbons (Fsp3) is 0.188. The van der Waals surface area contributed by atoms with Crippen molar-refractivity contribution >= 4 is 44.2 Å². The standard InChI is InChI=1S/C16H17IN2O4S/c1-11(16(20)18-2)23-14-7-9-15(10-8-14)24(21,22)19-13-5-3-12(17)4-6-13/h3-11,19H,1-2H3,(H,18,20)/t11-/m1/s1. The Morgan fingerprint density at radius 1 is 1.08 bits per heavy atom.